The molecule has 7 nitrogen and oxygen atoms in total. The Bertz CT molecular complexity index is 967. The number of amides is 2. The fourth-order valence-electron chi connectivity index (χ4n) is 2.88. The van der Waals surface area contributed by atoms with Gasteiger partial charge in [-0.1, -0.05) is 17.9 Å². The first-order valence-electron chi connectivity index (χ1n) is 8.92. The van der Waals surface area contributed by atoms with Crippen LogP contribution in [-0.4, -0.2) is 40.3 Å². The van der Waals surface area contributed by atoms with Crippen molar-refractivity contribution in [3.63, 3.8) is 0 Å². The first kappa shape index (κ1) is 20.3. The first-order valence-corrected chi connectivity index (χ1v) is 9.74. The molecule has 148 valence electrons. The molecule has 1 unspecified atom stereocenters. The SMILES string of the molecule is CC(C)(N)[C@H](NC(=O)c1cc2ccc(C#C[C@@H]3CC3CO)cc2s1)C(=O)NO. The van der Waals surface area contributed by atoms with Crippen molar-refractivity contribution in [1.29, 1.82) is 0 Å². The van der Waals surface area contributed by atoms with Crippen LogP contribution in [-0.2, 0) is 4.79 Å². The lowest BCUT2D eigenvalue weighted by atomic mass is 9.95. The number of rotatable bonds is 5. The zero-order valence-corrected chi connectivity index (χ0v) is 16.5. The number of thiophene rings is 1. The average molecular weight is 401 g/mol. The third kappa shape index (κ3) is 4.51. The molecular weight excluding hydrogens is 378 g/mol. The summed E-state index contributed by atoms with van der Waals surface area (Å²) in [6.45, 7) is 3.35. The lowest BCUT2D eigenvalue weighted by molar-refractivity contribution is -0.132. The van der Waals surface area contributed by atoms with Crippen LogP contribution in [0.5, 0.6) is 0 Å². The number of nitrogens with two attached hydrogens (primary N) is 1. The number of aliphatic hydroxyl groups excluding tert-OH is 1. The summed E-state index contributed by atoms with van der Waals surface area (Å²) in [5.74, 6) is 5.63. The van der Waals surface area contributed by atoms with Crippen LogP contribution in [0.3, 0.4) is 0 Å². The quantitative estimate of drug-likeness (QED) is 0.293. The topological polar surface area (TPSA) is 125 Å². The van der Waals surface area contributed by atoms with Crippen LogP contribution in [0.25, 0.3) is 10.1 Å². The van der Waals surface area contributed by atoms with E-state index in [9.17, 15) is 9.59 Å². The van der Waals surface area contributed by atoms with Crippen molar-refractivity contribution in [2.75, 3.05) is 6.61 Å². The molecule has 0 radical (unpaired) electrons. The molecule has 6 N–H and O–H groups in total. The molecule has 0 spiro atoms. The van der Waals surface area contributed by atoms with Crippen molar-refractivity contribution in [2.45, 2.75) is 31.8 Å². The monoisotopic (exact) mass is 401 g/mol. The second kappa shape index (κ2) is 7.89. The van der Waals surface area contributed by atoms with Gasteiger partial charge in [0, 0.05) is 28.3 Å². The standard InChI is InChI=1S/C20H23N3O4S/c1-20(2,21)17(19(26)23-27)22-18(25)16-9-13-6-4-11(7-15(13)28-16)3-5-12-8-14(12)10-24/h4,6-7,9,12,14,17,24,27H,8,10,21H2,1-2H3,(H,22,25)(H,23,26)/t12-,14?,17-/m1/s1. The highest BCUT2D eigenvalue weighted by Crippen LogP contribution is 2.37. The summed E-state index contributed by atoms with van der Waals surface area (Å²) in [5, 5.41) is 21.5. The molecule has 2 aromatic rings. The molecule has 0 bridgehead atoms. The predicted octanol–water partition coefficient (Wildman–Crippen LogP) is 1.22. The molecule has 1 aliphatic rings. The average Bonchev–Trinajstić information content (AvgIpc) is 3.29. The summed E-state index contributed by atoms with van der Waals surface area (Å²) in [6, 6.07) is 6.37. The Morgan fingerprint density at radius 3 is 2.75 bits per heavy atom. The van der Waals surface area contributed by atoms with Crippen molar-refractivity contribution in [3.05, 3.63) is 34.7 Å². The Morgan fingerprint density at radius 1 is 1.39 bits per heavy atom. The Kier molecular flexibility index (Phi) is 5.72. The zero-order chi connectivity index (χ0) is 20.5. The maximum atomic E-state index is 12.6. The van der Waals surface area contributed by atoms with Crippen molar-refractivity contribution in [1.82, 2.24) is 10.8 Å². The minimum Gasteiger partial charge on any atom is -0.396 e. The van der Waals surface area contributed by atoms with Gasteiger partial charge in [-0.15, -0.1) is 11.3 Å². The molecule has 3 atom stereocenters. The second-order valence-electron chi connectivity index (χ2n) is 7.62. The van der Waals surface area contributed by atoms with Gasteiger partial charge >= 0.3 is 0 Å². The van der Waals surface area contributed by atoms with Gasteiger partial charge in [-0.2, -0.15) is 0 Å². The molecule has 1 aromatic heterocycles. The van der Waals surface area contributed by atoms with E-state index in [1.807, 2.05) is 18.2 Å². The van der Waals surface area contributed by atoms with E-state index in [1.165, 1.54) is 16.8 Å². The van der Waals surface area contributed by atoms with Gasteiger partial charge in [0.2, 0.25) is 0 Å². The van der Waals surface area contributed by atoms with Gasteiger partial charge in [-0.25, -0.2) is 5.48 Å². The third-order valence-electron chi connectivity index (χ3n) is 4.69. The number of hydrogen-bond donors (Lipinski definition) is 5. The largest absolute Gasteiger partial charge is 0.396 e. The molecule has 3 rings (SSSR count). The van der Waals surface area contributed by atoms with E-state index in [1.54, 1.807) is 19.9 Å². The first-order chi connectivity index (χ1) is 13.2. The molecule has 28 heavy (non-hydrogen) atoms. The number of hydroxylamine groups is 1. The number of carbonyl (C=O) groups excluding carboxylic acids is 2. The molecule has 1 saturated carbocycles. The van der Waals surface area contributed by atoms with Crippen molar-refractivity contribution in [3.8, 4) is 11.8 Å². The molecule has 0 saturated heterocycles. The minimum absolute atomic E-state index is 0.177. The van der Waals surface area contributed by atoms with E-state index in [-0.39, 0.29) is 12.5 Å². The number of hydrogen-bond acceptors (Lipinski definition) is 6. The summed E-state index contributed by atoms with van der Waals surface area (Å²) < 4.78 is 0.904. The van der Waals surface area contributed by atoms with E-state index < -0.39 is 23.4 Å². The van der Waals surface area contributed by atoms with Gasteiger partial charge < -0.3 is 16.2 Å². The summed E-state index contributed by atoms with van der Waals surface area (Å²) in [4.78, 5) is 24.9. The molecule has 1 aliphatic carbocycles. The lowest BCUT2D eigenvalue weighted by Crippen LogP contribution is -2.61. The molecular formula is C20H23N3O4S. The highest BCUT2D eigenvalue weighted by Gasteiger charge is 2.35. The summed E-state index contributed by atoms with van der Waals surface area (Å²) in [7, 11) is 0. The van der Waals surface area contributed by atoms with Crippen molar-refractivity contribution < 1.29 is 19.9 Å². The number of aliphatic hydroxyl groups is 1. The Morgan fingerprint density at radius 2 is 2.14 bits per heavy atom. The van der Waals surface area contributed by atoms with E-state index >= 15 is 0 Å². The second-order valence-corrected chi connectivity index (χ2v) is 8.71. The molecule has 1 fully saturated rings. The molecule has 2 amide bonds. The fourth-order valence-corrected chi connectivity index (χ4v) is 3.88. The highest BCUT2D eigenvalue weighted by atomic mass is 32.1. The third-order valence-corrected chi connectivity index (χ3v) is 5.79. The number of nitrogens with one attached hydrogen (secondary N) is 2. The molecule has 0 aliphatic heterocycles. The number of benzene rings is 1. The van der Waals surface area contributed by atoms with Crippen molar-refractivity contribution in [2.24, 2.45) is 17.6 Å². The Balaban J connectivity index is 1.78. The molecule has 1 heterocycles. The minimum atomic E-state index is -1.09. The van der Waals surface area contributed by atoms with E-state index in [2.05, 4.69) is 17.2 Å². The highest BCUT2D eigenvalue weighted by molar-refractivity contribution is 7.20. The normalized spacial score (nSPS) is 19.5. The smallest absolute Gasteiger partial charge is 0.267 e. The number of carbonyl (C=O) groups is 2. The van der Waals surface area contributed by atoms with Crippen LogP contribution < -0.4 is 16.5 Å². The summed E-state index contributed by atoms with van der Waals surface area (Å²) >= 11 is 1.29. The van der Waals surface area contributed by atoms with Crippen LogP contribution in [0.15, 0.2) is 24.3 Å². The van der Waals surface area contributed by atoms with Gasteiger partial charge in [-0.05, 0) is 49.8 Å². The van der Waals surface area contributed by atoms with Crippen LogP contribution in [0, 0.1) is 23.7 Å². The van der Waals surface area contributed by atoms with E-state index in [0.29, 0.717) is 10.8 Å². The van der Waals surface area contributed by atoms with Gasteiger partial charge in [0.25, 0.3) is 11.8 Å². The molecule has 1 aromatic carbocycles. The Hall–Kier alpha value is -2.44. The predicted molar refractivity (Wildman–Crippen MR) is 107 cm³/mol. The summed E-state index contributed by atoms with van der Waals surface area (Å²) in [5.41, 5.74) is 7.28. The van der Waals surface area contributed by atoms with Gasteiger partial charge in [-0.3, -0.25) is 14.8 Å². The van der Waals surface area contributed by atoms with Gasteiger partial charge in [0.1, 0.15) is 6.04 Å². The van der Waals surface area contributed by atoms with Crippen LogP contribution >= 0.6 is 11.3 Å². The van der Waals surface area contributed by atoms with Crippen molar-refractivity contribution >= 4 is 33.2 Å². The van der Waals surface area contributed by atoms with Gasteiger partial charge in [0.15, 0.2) is 0 Å². The lowest BCUT2D eigenvalue weighted by Gasteiger charge is -2.29. The molecule has 8 heteroatoms. The summed E-state index contributed by atoms with van der Waals surface area (Å²) in [6.07, 6.45) is 0.940. The zero-order valence-electron chi connectivity index (χ0n) is 15.7. The van der Waals surface area contributed by atoms with Crippen LogP contribution in [0.2, 0.25) is 0 Å². The van der Waals surface area contributed by atoms with Gasteiger partial charge in [0.05, 0.1) is 4.88 Å². The van der Waals surface area contributed by atoms with Crippen LogP contribution in [0.1, 0.15) is 35.5 Å². The maximum absolute atomic E-state index is 12.6. The van der Waals surface area contributed by atoms with Crippen LogP contribution in [0.4, 0.5) is 0 Å². The van der Waals surface area contributed by atoms with E-state index in [0.717, 1.165) is 22.1 Å². The maximum Gasteiger partial charge on any atom is 0.267 e. The van der Waals surface area contributed by atoms with E-state index in [4.69, 9.17) is 16.0 Å². The fraction of sp³-hybridized carbons (Fsp3) is 0.400. The number of fused-ring (bicyclic) bond motifs is 1. The Labute approximate surface area is 166 Å².